The molecule has 0 aromatic carbocycles. The molecule has 0 radical (unpaired) electrons. The van der Waals surface area contributed by atoms with Crippen molar-refractivity contribution in [3.63, 3.8) is 0 Å². The van der Waals surface area contributed by atoms with E-state index in [2.05, 4.69) is 12.2 Å². The van der Waals surface area contributed by atoms with Crippen molar-refractivity contribution in [2.75, 3.05) is 13.2 Å². The van der Waals surface area contributed by atoms with Gasteiger partial charge >= 0.3 is 5.97 Å². The first-order valence-electron chi connectivity index (χ1n) is 6.04. The Morgan fingerprint density at radius 2 is 2.13 bits per heavy atom. The second-order valence-corrected chi connectivity index (χ2v) is 4.63. The highest BCUT2D eigenvalue weighted by Gasteiger charge is 2.35. The van der Waals surface area contributed by atoms with Crippen LogP contribution in [0.5, 0.6) is 0 Å². The van der Waals surface area contributed by atoms with Crippen molar-refractivity contribution < 1.29 is 9.53 Å². The molecule has 0 heterocycles. The van der Waals surface area contributed by atoms with Gasteiger partial charge in [0.1, 0.15) is 5.54 Å². The van der Waals surface area contributed by atoms with Crippen molar-refractivity contribution in [1.82, 2.24) is 5.32 Å². The van der Waals surface area contributed by atoms with Crippen LogP contribution in [0.3, 0.4) is 0 Å². The molecule has 0 saturated heterocycles. The van der Waals surface area contributed by atoms with Gasteiger partial charge in [0.05, 0.1) is 6.61 Å². The van der Waals surface area contributed by atoms with Crippen molar-refractivity contribution >= 4 is 5.97 Å². The van der Waals surface area contributed by atoms with E-state index in [1.807, 2.05) is 13.8 Å². The van der Waals surface area contributed by atoms with Crippen LogP contribution in [0.15, 0.2) is 0 Å². The lowest BCUT2D eigenvalue weighted by atomic mass is 9.96. The average Bonchev–Trinajstić information content (AvgIpc) is 2.99. The summed E-state index contributed by atoms with van der Waals surface area (Å²) in [5.41, 5.74) is -0.479. The number of hydrogen-bond donors (Lipinski definition) is 1. The minimum Gasteiger partial charge on any atom is -0.465 e. The molecule has 15 heavy (non-hydrogen) atoms. The summed E-state index contributed by atoms with van der Waals surface area (Å²) in [5.74, 6) is 0.683. The van der Waals surface area contributed by atoms with Crippen molar-refractivity contribution in [1.29, 1.82) is 0 Å². The highest BCUT2D eigenvalue weighted by Crippen LogP contribution is 2.29. The van der Waals surface area contributed by atoms with E-state index in [1.165, 1.54) is 12.8 Å². The lowest BCUT2D eigenvalue weighted by Crippen LogP contribution is -2.51. The fourth-order valence-electron chi connectivity index (χ4n) is 1.74. The number of esters is 1. The summed E-state index contributed by atoms with van der Waals surface area (Å²) in [4.78, 5) is 11.8. The predicted octanol–water partition coefficient (Wildman–Crippen LogP) is 2.11. The third kappa shape index (κ3) is 3.82. The van der Waals surface area contributed by atoms with Crippen LogP contribution in [0.2, 0.25) is 0 Å². The van der Waals surface area contributed by atoms with Crippen molar-refractivity contribution in [3.05, 3.63) is 0 Å². The van der Waals surface area contributed by atoms with Gasteiger partial charge in [0, 0.05) is 0 Å². The monoisotopic (exact) mass is 213 g/mol. The van der Waals surface area contributed by atoms with Gasteiger partial charge in [0.25, 0.3) is 0 Å². The first-order chi connectivity index (χ1) is 7.12. The molecule has 0 aromatic rings. The summed E-state index contributed by atoms with van der Waals surface area (Å²) in [6, 6.07) is 0. The average molecular weight is 213 g/mol. The maximum atomic E-state index is 11.8. The number of nitrogens with one attached hydrogen (secondary N) is 1. The third-order valence-corrected chi connectivity index (χ3v) is 2.95. The molecule has 0 aliphatic heterocycles. The van der Waals surface area contributed by atoms with Gasteiger partial charge in [-0.15, -0.1) is 0 Å². The molecule has 0 aromatic heterocycles. The lowest BCUT2D eigenvalue weighted by molar-refractivity contribution is -0.150. The van der Waals surface area contributed by atoms with Gasteiger partial charge in [-0.2, -0.15) is 0 Å². The van der Waals surface area contributed by atoms with E-state index in [1.54, 1.807) is 0 Å². The molecule has 1 fully saturated rings. The van der Waals surface area contributed by atoms with Gasteiger partial charge in [-0.1, -0.05) is 13.3 Å². The SMILES string of the molecule is CCCC(C)(NCC1CC1)C(=O)OCC. The molecule has 1 unspecified atom stereocenters. The van der Waals surface area contributed by atoms with Crippen LogP contribution in [0.1, 0.15) is 46.5 Å². The third-order valence-electron chi connectivity index (χ3n) is 2.95. The van der Waals surface area contributed by atoms with E-state index in [0.717, 1.165) is 25.3 Å². The van der Waals surface area contributed by atoms with Crippen LogP contribution in [0.4, 0.5) is 0 Å². The minimum atomic E-state index is -0.479. The molecule has 3 heteroatoms. The maximum Gasteiger partial charge on any atom is 0.326 e. The Kier molecular flexibility index (Phi) is 4.58. The largest absolute Gasteiger partial charge is 0.465 e. The smallest absolute Gasteiger partial charge is 0.326 e. The molecule has 3 nitrogen and oxygen atoms in total. The second-order valence-electron chi connectivity index (χ2n) is 4.63. The first kappa shape index (κ1) is 12.5. The van der Waals surface area contributed by atoms with E-state index < -0.39 is 5.54 Å². The molecule has 1 aliphatic carbocycles. The molecule has 1 N–H and O–H groups in total. The second kappa shape index (κ2) is 5.50. The topological polar surface area (TPSA) is 38.3 Å². The molecule has 0 bridgehead atoms. The van der Waals surface area contributed by atoms with E-state index in [-0.39, 0.29) is 5.97 Å². The van der Waals surface area contributed by atoms with Gasteiger partial charge < -0.3 is 10.1 Å². The number of rotatable bonds is 7. The summed E-state index contributed by atoms with van der Waals surface area (Å²) < 4.78 is 5.11. The van der Waals surface area contributed by atoms with Crippen LogP contribution in [0.25, 0.3) is 0 Å². The zero-order valence-corrected chi connectivity index (χ0v) is 10.1. The fourth-order valence-corrected chi connectivity index (χ4v) is 1.74. The van der Waals surface area contributed by atoms with Crippen molar-refractivity contribution in [2.24, 2.45) is 5.92 Å². The fraction of sp³-hybridized carbons (Fsp3) is 0.917. The quantitative estimate of drug-likeness (QED) is 0.658. The van der Waals surface area contributed by atoms with Gasteiger partial charge in [-0.05, 0) is 45.6 Å². The normalized spacial score (nSPS) is 19.7. The summed E-state index contributed by atoms with van der Waals surface area (Å²) in [7, 11) is 0. The molecule has 1 rings (SSSR count). The predicted molar refractivity (Wildman–Crippen MR) is 60.7 cm³/mol. The van der Waals surface area contributed by atoms with Crippen LogP contribution >= 0.6 is 0 Å². The molecule has 0 spiro atoms. The van der Waals surface area contributed by atoms with Crippen LogP contribution in [-0.4, -0.2) is 24.7 Å². The molecule has 1 atom stereocenters. The zero-order chi connectivity index (χ0) is 11.3. The van der Waals surface area contributed by atoms with Gasteiger partial charge in [0.15, 0.2) is 0 Å². The Bertz CT molecular complexity index is 214. The van der Waals surface area contributed by atoms with Crippen LogP contribution in [0, 0.1) is 5.92 Å². The molecular weight excluding hydrogens is 190 g/mol. The van der Waals surface area contributed by atoms with E-state index in [4.69, 9.17) is 4.74 Å². The molecule has 0 amide bonds. The number of hydrogen-bond acceptors (Lipinski definition) is 3. The summed E-state index contributed by atoms with van der Waals surface area (Å²) in [6.07, 6.45) is 4.45. The van der Waals surface area contributed by atoms with Crippen molar-refractivity contribution in [3.8, 4) is 0 Å². The van der Waals surface area contributed by atoms with E-state index >= 15 is 0 Å². The minimum absolute atomic E-state index is 0.104. The summed E-state index contributed by atoms with van der Waals surface area (Å²) in [5, 5.41) is 3.37. The Morgan fingerprint density at radius 3 is 2.60 bits per heavy atom. The van der Waals surface area contributed by atoms with Crippen LogP contribution in [-0.2, 0) is 9.53 Å². The number of carbonyl (C=O) groups excluding carboxylic acids is 1. The summed E-state index contributed by atoms with van der Waals surface area (Å²) >= 11 is 0. The van der Waals surface area contributed by atoms with Gasteiger partial charge in [-0.3, -0.25) is 4.79 Å². The maximum absolute atomic E-state index is 11.8. The Hall–Kier alpha value is -0.570. The van der Waals surface area contributed by atoms with Gasteiger partial charge in [0.2, 0.25) is 0 Å². The lowest BCUT2D eigenvalue weighted by Gasteiger charge is -2.28. The first-order valence-corrected chi connectivity index (χ1v) is 6.04. The van der Waals surface area contributed by atoms with E-state index in [0.29, 0.717) is 6.61 Å². The molecule has 1 saturated carbocycles. The van der Waals surface area contributed by atoms with Gasteiger partial charge in [-0.25, -0.2) is 0 Å². The molecule has 1 aliphatic rings. The Balaban J connectivity index is 2.45. The highest BCUT2D eigenvalue weighted by molar-refractivity contribution is 5.80. The standard InChI is InChI=1S/C12H23NO2/c1-4-8-12(3,11(14)15-5-2)13-9-10-6-7-10/h10,13H,4-9H2,1-3H3. The Labute approximate surface area is 92.6 Å². The summed E-state index contributed by atoms with van der Waals surface area (Å²) in [6.45, 7) is 7.32. The van der Waals surface area contributed by atoms with E-state index in [9.17, 15) is 4.79 Å². The molecule has 88 valence electrons. The zero-order valence-electron chi connectivity index (χ0n) is 10.1. The highest BCUT2D eigenvalue weighted by atomic mass is 16.5. The van der Waals surface area contributed by atoms with Crippen LogP contribution < -0.4 is 5.32 Å². The number of ether oxygens (including phenoxy) is 1. The molecular formula is C12H23NO2. The Morgan fingerprint density at radius 1 is 1.47 bits per heavy atom. The van der Waals surface area contributed by atoms with Crippen molar-refractivity contribution in [2.45, 2.75) is 52.0 Å². The number of carbonyl (C=O) groups is 1.